The van der Waals surface area contributed by atoms with Crippen molar-refractivity contribution in [3.63, 3.8) is 0 Å². The summed E-state index contributed by atoms with van der Waals surface area (Å²) >= 11 is 3.36. The van der Waals surface area contributed by atoms with Gasteiger partial charge in [0.2, 0.25) is 0 Å². The van der Waals surface area contributed by atoms with E-state index in [-0.39, 0.29) is 17.8 Å². The first kappa shape index (κ1) is 13.3. The van der Waals surface area contributed by atoms with Gasteiger partial charge in [-0.1, -0.05) is 29.8 Å². The molecule has 3 nitrogen and oxygen atoms in total. The first-order valence-corrected chi connectivity index (χ1v) is 6.49. The number of hydrogen-bond donors (Lipinski definition) is 1. The maximum absolute atomic E-state index is 14.2. The third-order valence-electron chi connectivity index (χ3n) is 3.18. The summed E-state index contributed by atoms with van der Waals surface area (Å²) < 4.78 is 20.0. The summed E-state index contributed by atoms with van der Waals surface area (Å²) in [6.45, 7) is 5.85. The fourth-order valence-corrected chi connectivity index (χ4v) is 2.74. The molecule has 0 bridgehead atoms. The molecule has 1 aromatic rings. The van der Waals surface area contributed by atoms with Crippen molar-refractivity contribution in [1.82, 2.24) is 5.32 Å². The minimum atomic E-state index is -0.503. The molecule has 1 aliphatic rings. The second kappa shape index (κ2) is 4.53. The summed E-state index contributed by atoms with van der Waals surface area (Å²) in [7, 11) is 0. The standard InChI is InChI=1S/C13H15BrFNO2/c1-7-4-8(14)5-9(10(7)15)11-13(2,3)6-18-12(17)16-11/h4-5,11H,6H2,1-3H3,(H,16,17)/t11-/m1/s1. The molecular formula is C13H15BrFNO2. The van der Waals surface area contributed by atoms with Gasteiger partial charge in [0, 0.05) is 15.5 Å². The van der Waals surface area contributed by atoms with Crippen LogP contribution in [0, 0.1) is 18.2 Å². The highest BCUT2D eigenvalue weighted by molar-refractivity contribution is 9.10. The van der Waals surface area contributed by atoms with Crippen LogP contribution in [0.5, 0.6) is 0 Å². The second-order valence-electron chi connectivity index (χ2n) is 5.27. The summed E-state index contributed by atoms with van der Waals surface area (Å²) in [6, 6.07) is 3.03. The van der Waals surface area contributed by atoms with Crippen molar-refractivity contribution in [2.24, 2.45) is 5.41 Å². The number of alkyl carbamates (subject to hydrolysis) is 1. The number of halogens is 2. The molecule has 1 fully saturated rings. The lowest BCUT2D eigenvalue weighted by atomic mass is 9.80. The van der Waals surface area contributed by atoms with E-state index in [1.165, 1.54) is 0 Å². The van der Waals surface area contributed by atoms with E-state index in [1.54, 1.807) is 19.1 Å². The Bertz CT molecular complexity index is 502. The maximum Gasteiger partial charge on any atom is 0.407 e. The first-order chi connectivity index (χ1) is 8.31. The fraction of sp³-hybridized carbons (Fsp3) is 0.462. The third kappa shape index (κ3) is 2.36. The van der Waals surface area contributed by atoms with Crippen LogP contribution in [0.3, 0.4) is 0 Å². The molecule has 0 spiro atoms. The van der Waals surface area contributed by atoms with Gasteiger partial charge in [0.1, 0.15) is 12.4 Å². The number of carbonyl (C=O) groups is 1. The molecule has 0 radical (unpaired) electrons. The number of cyclic esters (lactones) is 1. The van der Waals surface area contributed by atoms with Gasteiger partial charge in [-0.2, -0.15) is 0 Å². The molecule has 5 heteroatoms. The van der Waals surface area contributed by atoms with Crippen LogP contribution in [0.1, 0.15) is 31.0 Å². The average Bonchev–Trinajstić information content (AvgIpc) is 2.27. The molecule has 1 heterocycles. The molecule has 1 amide bonds. The van der Waals surface area contributed by atoms with Crippen molar-refractivity contribution in [2.75, 3.05) is 6.61 Å². The van der Waals surface area contributed by atoms with Crippen LogP contribution in [0.2, 0.25) is 0 Å². The van der Waals surface area contributed by atoms with E-state index in [9.17, 15) is 9.18 Å². The molecular weight excluding hydrogens is 301 g/mol. The Morgan fingerprint density at radius 1 is 1.50 bits per heavy atom. The number of aryl methyl sites for hydroxylation is 1. The fourth-order valence-electron chi connectivity index (χ4n) is 2.15. The number of benzene rings is 1. The van der Waals surface area contributed by atoms with Gasteiger partial charge in [0.25, 0.3) is 0 Å². The molecule has 0 aliphatic carbocycles. The Hall–Kier alpha value is -1.10. The van der Waals surface area contributed by atoms with Crippen LogP contribution in [0.4, 0.5) is 9.18 Å². The number of nitrogens with one attached hydrogen (secondary N) is 1. The summed E-state index contributed by atoms with van der Waals surface area (Å²) in [4.78, 5) is 11.3. The van der Waals surface area contributed by atoms with Gasteiger partial charge in [0.05, 0.1) is 6.04 Å². The van der Waals surface area contributed by atoms with E-state index in [1.807, 2.05) is 13.8 Å². The zero-order valence-corrected chi connectivity index (χ0v) is 12.1. The quantitative estimate of drug-likeness (QED) is 0.858. The largest absolute Gasteiger partial charge is 0.449 e. The van der Waals surface area contributed by atoms with Crippen LogP contribution < -0.4 is 5.32 Å². The minimum absolute atomic E-state index is 0.272. The maximum atomic E-state index is 14.2. The highest BCUT2D eigenvalue weighted by Crippen LogP contribution is 2.39. The molecule has 1 atom stereocenters. The monoisotopic (exact) mass is 315 g/mol. The molecule has 1 saturated heterocycles. The van der Waals surface area contributed by atoms with Gasteiger partial charge < -0.3 is 10.1 Å². The van der Waals surface area contributed by atoms with Gasteiger partial charge in [-0.25, -0.2) is 9.18 Å². The van der Waals surface area contributed by atoms with Crippen molar-refractivity contribution in [2.45, 2.75) is 26.8 Å². The predicted octanol–water partition coefficient (Wildman–Crippen LogP) is 3.70. The van der Waals surface area contributed by atoms with E-state index >= 15 is 0 Å². The first-order valence-electron chi connectivity index (χ1n) is 5.70. The molecule has 0 saturated carbocycles. The van der Waals surface area contributed by atoms with E-state index < -0.39 is 12.1 Å². The summed E-state index contributed by atoms with van der Waals surface area (Å²) in [5.74, 6) is -0.279. The van der Waals surface area contributed by atoms with Crippen LogP contribution in [-0.4, -0.2) is 12.7 Å². The highest BCUT2D eigenvalue weighted by Gasteiger charge is 2.39. The summed E-state index contributed by atoms with van der Waals surface area (Å²) in [5.41, 5.74) is 0.682. The number of hydrogen-bond acceptors (Lipinski definition) is 2. The normalized spacial score (nSPS) is 22.3. The van der Waals surface area contributed by atoms with Crippen LogP contribution in [0.15, 0.2) is 16.6 Å². The van der Waals surface area contributed by atoms with E-state index in [4.69, 9.17) is 4.74 Å². The Morgan fingerprint density at radius 3 is 2.83 bits per heavy atom. The zero-order valence-electron chi connectivity index (χ0n) is 10.5. The molecule has 1 N–H and O–H groups in total. The molecule has 2 rings (SSSR count). The number of ether oxygens (including phenoxy) is 1. The Kier molecular flexibility index (Phi) is 3.36. The van der Waals surface area contributed by atoms with E-state index in [0.29, 0.717) is 11.1 Å². The van der Waals surface area contributed by atoms with Gasteiger partial charge in [0.15, 0.2) is 0 Å². The van der Waals surface area contributed by atoms with Crippen molar-refractivity contribution >= 4 is 22.0 Å². The Labute approximate surface area is 114 Å². The molecule has 1 aliphatic heterocycles. The third-order valence-corrected chi connectivity index (χ3v) is 3.64. The number of rotatable bonds is 1. The van der Waals surface area contributed by atoms with Gasteiger partial charge in [-0.15, -0.1) is 0 Å². The molecule has 98 valence electrons. The Balaban J connectivity index is 2.49. The average molecular weight is 316 g/mol. The second-order valence-corrected chi connectivity index (χ2v) is 6.18. The molecule has 18 heavy (non-hydrogen) atoms. The van der Waals surface area contributed by atoms with Crippen LogP contribution in [0.25, 0.3) is 0 Å². The van der Waals surface area contributed by atoms with Crippen molar-refractivity contribution < 1.29 is 13.9 Å². The highest BCUT2D eigenvalue weighted by atomic mass is 79.9. The lowest BCUT2D eigenvalue weighted by Gasteiger charge is -2.38. The van der Waals surface area contributed by atoms with Crippen LogP contribution in [-0.2, 0) is 4.74 Å². The zero-order chi connectivity index (χ0) is 13.5. The van der Waals surface area contributed by atoms with Crippen molar-refractivity contribution in [3.05, 3.63) is 33.5 Å². The van der Waals surface area contributed by atoms with Crippen LogP contribution >= 0.6 is 15.9 Å². The number of carbonyl (C=O) groups excluding carboxylic acids is 1. The minimum Gasteiger partial charge on any atom is -0.449 e. The molecule has 0 unspecified atom stereocenters. The van der Waals surface area contributed by atoms with E-state index in [2.05, 4.69) is 21.2 Å². The summed E-state index contributed by atoms with van der Waals surface area (Å²) in [5, 5.41) is 2.70. The Morgan fingerprint density at radius 2 is 2.17 bits per heavy atom. The predicted molar refractivity (Wildman–Crippen MR) is 69.8 cm³/mol. The summed E-state index contributed by atoms with van der Waals surface area (Å²) in [6.07, 6.45) is -0.503. The van der Waals surface area contributed by atoms with Crippen molar-refractivity contribution in [1.29, 1.82) is 0 Å². The molecule has 0 aromatic heterocycles. The topological polar surface area (TPSA) is 38.3 Å². The lowest BCUT2D eigenvalue weighted by Crippen LogP contribution is -2.47. The van der Waals surface area contributed by atoms with Crippen molar-refractivity contribution in [3.8, 4) is 0 Å². The molecule has 1 aromatic carbocycles. The van der Waals surface area contributed by atoms with Gasteiger partial charge >= 0.3 is 6.09 Å². The number of amides is 1. The van der Waals surface area contributed by atoms with Gasteiger partial charge in [-0.3, -0.25) is 0 Å². The SMILES string of the molecule is Cc1cc(Br)cc([C@H]2NC(=O)OCC2(C)C)c1F. The smallest absolute Gasteiger partial charge is 0.407 e. The van der Waals surface area contributed by atoms with Gasteiger partial charge in [-0.05, 0) is 24.6 Å². The lowest BCUT2D eigenvalue weighted by molar-refractivity contribution is 0.0377. The van der Waals surface area contributed by atoms with E-state index in [0.717, 1.165) is 4.47 Å².